The lowest BCUT2D eigenvalue weighted by Crippen LogP contribution is -2.42. The average Bonchev–Trinajstić information content (AvgIpc) is 3.08. The van der Waals surface area contributed by atoms with Crippen LogP contribution in [-0.4, -0.2) is 67.3 Å². The molecular weight excluding hydrogens is 360 g/mol. The summed E-state index contributed by atoms with van der Waals surface area (Å²) in [5.41, 5.74) is 1.64. The first kappa shape index (κ1) is 20.0. The molecule has 1 aromatic carbocycles. The third-order valence-electron chi connectivity index (χ3n) is 4.90. The zero-order valence-electron chi connectivity index (χ0n) is 16.7. The number of amides is 1. The Kier molecular flexibility index (Phi) is 6.68. The van der Waals surface area contributed by atoms with E-state index < -0.39 is 0 Å². The minimum atomic E-state index is -0.0225. The first-order valence-corrected chi connectivity index (χ1v) is 10.5. The largest absolute Gasteiger partial charge is 0.378 e. The Bertz CT molecular complexity index is 760. The summed E-state index contributed by atoms with van der Waals surface area (Å²) < 4.78 is 6.46. The van der Waals surface area contributed by atoms with Gasteiger partial charge in [-0.15, -0.1) is 0 Å². The molecule has 0 spiro atoms. The normalized spacial score (nSPS) is 15.3. The molecule has 148 valence electrons. The summed E-state index contributed by atoms with van der Waals surface area (Å²) in [5, 5.41) is 4.06. The van der Waals surface area contributed by atoms with Gasteiger partial charge in [-0.3, -0.25) is 9.69 Å². The minimum Gasteiger partial charge on any atom is -0.378 e. The Balaban J connectivity index is 1.63. The number of nitrogens with one attached hydrogen (secondary N) is 1. The second-order valence-electron chi connectivity index (χ2n) is 7.46. The predicted octanol–water partition coefficient (Wildman–Crippen LogP) is 2.98. The molecule has 1 N–H and O–H groups in total. The molecule has 0 bridgehead atoms. The van der Waals surface area contributed by atoms with Crippen molar-refractivity contribution in [2.45, 2.75) is 39.8 Å². The number of morpholine rings is 1. The highest BCUT2D eigenvalue weighted by Crippen LogP contribution is 2.30. The fraction of sp³-hybridized carbons (Fsp3) is 0.600. The topological polar surface area (TPSA) is 57.7 Å². The highest BCUT2D eigenvalue weighted by Gasteiger charge is 2.17. The van der Waals surface area contributed by atoms with Crippen molar-refractivity contribution in [3.8, 4) is 0 Å². The lowest BCUT2D eigenvalue weighted by atomic mass is 10.2. The number of aromatic nitrogens is 1. The molecule has 1 amide bonds. The van der Waals surface area contributed by atoms with Crippen molar-refractivity contribution < 1.29 is 9.53 Å². The Labute approximate surface area is 165 Å². The van der Waals surface area contributed by atoms with Gasteiger partial charge in [0.2, 0.25) is 0 Å². The number of hydrogen-bond donors (Lipinski definition) is 1. The molecule has 27 heavy (non-hydrogen) atoms. The van der Waals surface area contributed by atoms with Crippen LogP contribution in [0.5, 0.6) is 0 Å². The monoisotopic (exact) mass is 390 g/mol. The van der Waals surface area contributed by atoms with Crippen molar-refractivity contribution in [2.75, 3.05) is 44.3 Å². The summed E-state index contributed by atoms with van der Waals surface area (Å²) in [6.07, 6.45) is 0. The smallest absolute Gasteiger partial charge is 0.251 e. The summed E-state index contributed by atoms with van der Waals surface area (Å²) in [5.74, 6) is -0.0225. The molecule has 0 aliphatic carbocycles. The number of rotatable bonds is 7. The van der Waals surface area contributed by atoms with Crippen LogP contribution in [0.4, 0.5) is 5.13 Å². The molecule has 1 aromatic heterocycles. The van der Waals surface area contributed by atoms with Crippen LogP contribution in [0.1, 0.15) is 38.1 Å². The molecule has 6 nitrogen and oxygen atoms in total. The van der Waals surface area contributed by atoms with E-state index in [-0.39, 0.29) is 5.91 Å². The van der Waals surface area contributed by atoms with Crippen LogP contribution in [0.2, 0.25) is 0 Å². The summed E-state index contributed by atoms with van der Waals surface area (Å²) in [6.45, 7) is 13.5. The first-order chi connectivity index (χ1) is 13.0. The van der Waals surface area contributed by atoms with Gasteiger partial charge in [-0.05, 0) is 45.9 Å². The fourth-order valence-corrected chi connectivity index (χ4v) is 4.51. The van der Waals surface area contributed by atoms with Crippen LogP contribution in [0.25, 0.3) is 10.2 Å². The van der Waals surface area contributed by atoms with Crippen molar-refractivity contribution in [3.05, 3.63) is 23.8 Å². The van der Waals surface area contributed by atoms with E-state index in [0.717, 1.165) is 48.2 Å². The van der Waals surface area contributed by atoms with Gasteiger partial charge in [0.05, 0.1) is 23.4 Å². The van der Waals surface area contributed by atoms with E-state index in [1.807, 2.05) is 18.2 Å². The van der Waals surface area contributed by atoms with Crippen molar-refractivity contribution in [1.82, 2.24) is 15.2 Å². The van der Waals surface area contributed by atoms with Gasteiger partial charge in [-0.25, -0.2) is 4.98 Å². The molecule has 0 saturated carbocycles. The number of nitrogens with zero attached hydrogens (tertiary/aromatic N) is 3. The molecular formula is C20H30N4O2S. The molecule has 1 aliphatic rings. The quantitative estimate of drug-likeness (QED) is 0.788. The third-order valence-corrected chi connectivity index (χ3v) is 5.98. The molecule has 7 heteroatoms. The Morgan fingerprint density at radius 2 is 1.96 bits per heavy atom. The lowest BCUT2D eigenvalue weighted by molar-refractivity contribution is 0.0939. The molecule has 1 aliphatic heterocycles. The van der Waals surface area contributed by atoms with E-state index in [9.17, 15) is 4.79 Å². The van der Waals surface area contributed by atoms with Crippen LogP contribution in [-0.2, 0) is 4.74 Å². The number of benzene rings is 1. The Hall–Kier alpha value is -1.70. The Morgan fingerprint density at radius 3 is 2.63 bits per heavy atom. The van der Waals surface area contributed by atoms with E-state index >= 15 is 0 Å². The van der Waals surface area contributed by atoms with Gasteiger partial charge in [-0.2, -0.15) is 0 Å². The molecule has 2 heterocycles. The molecule has 0 atom stereocenters. The molecule has 2 aromatic rings. The summed E-state index contributed by atoms with van der Waals surface area (Å²) in [4.78, 5) is 21.9. The average molecular weight is 391 g/mol. The molecule has 3 rings (SSSR count). The van der Waals surface area contributed by atoms with Crippen molar-refractivity contribution >= 4 is 32.6 Å². The SMILES string of the molecule is CC(C)N(CCNC(=O)c1ccc2nc(N3CCOCC3)sc2c1)C(C)C. The molecule has 0 unspecified atom stereocenters. The summed E-state index contributed by atoms with van der Waals surface area (Å²) in [6, 6.07) is 6.69. The highest BCUT2D eigenvalue weighted by atomic mass is 32.1. The van der Waals surface area contributed by atoms with Crippen molar-refractivity contribution in [1.29, 1.82) is 0 Å². The number of anilines is 1. The molecule has 1 fully saturated rings. The van der Waals surface area contributed by atoms with Gasteiger partial charge in [0, 0.05) is 43.8 Å². The maximum absolute atomic E-state index is 12.5. The zero-order chi connectivity index (χ0) is 19.4. The van der Waals surface area contributed by atoms with Crippen LogP contribution in [0, 0.1) is 0 Å². The number of carbonyl (C=O) groups excluding carboxylic acids is 1. The van der Waals surface area contributed by atoms with Gasteiger partial charge in [0.25, 0.3) is 5.91 Å². The summed E-state index contributed by atoms with van der Waals surface area (Å²) >= 11 is 1.64. The fourth-order valence-electron chi connectivity index (χ4n) is 3.46. The molecule has 1 saturated heterocycles. The van der Waals surface area contributed by atoms with Gasteiger partial charge in [-0.1, -0.05) is 11.3 Å². The maximum atomic E-state index is 12.5. The van der Waals surface area contributed by atoms with Crippen LogP contribution < -0.4 is 10.2 Å². The van der Waals surface area contributed by atoms with Crippen molar-refractivity contribution in [2.24, 2.45) is 0 Å². The Morgan fingerprint density at radius 1 is 1.26 bits per heavy atom. The van der Waals surface area contributed by atoms with Gasteiger partial charge >= 0.3 is 0 Å². The number of ether oxygens (including phenoxy) is 1. The van der Waals surface area contributed by atoms with Crippen LogP contribution >= 0.6 is 11.3 Å². The standard InChI is InChI=1S/C20H30N4O2S/c1-14(2)24(15(3)4)8-7-21-19(25)16-5-6-17-18(13-16)27-20(22-17)23-9-11-26-12-10-23/h5-6,13-15H,7-12H2,1-4H3,(H,21,25). The number of thiazole rings is 1. The van der Waals surface area contributed by atoms with E-state index in [1.165, 1.54) is 0 Å². The number of hydrogen-bond acceptors (Lipinski definition) is 6. The number of carbonyl (C=O) groups is 1. The second-order valence-corrected chi connectivity index (χ2v) is 8.47. The van der Waals surface area contributed by atoms with E-state index in [2.05, 4.69) is 42.8 Å². The summed E-state index contributed by atoms with van der Waals surface area (Å²) in [7, 11) is 0. The maximum Gasteiger partial charge on any atom is 0.251 e. The lowest BCUT2D eigenvalue weighted by Gasteiger charge is -2.30. The van der Waals surface area contributed by atoms with E-state index in [4.69, 9.17) is 9.72 Å². The third kappa shape index (κ3) is 4.97. The van der Waals surface area contributed by atoms with Crippen molar-refractivity contribution in [3.63, 3.8) is 0 Å². The minimum absolute atomic E-state index is 0.0225. The van der Waals surface area contributed by atoms with E-state index in [0.29, 0.717) is 24.2 Å². The van der Waals surface area contributed by atoms with Gasteiger partial charge in [0.1, 0.15) is 0 Å². The molecule has 0 radical (unpaired) electrons. The van der Waals surface area contributed by atoms with Crippen LogP contribution in [0.15, 0.2) is 18.2 Å². The highest BCUT2D eigenvalue weighted by molar-refractivity contribution is 7.22. The van der Waals surface area contributed by atoms with E-state index in [1.54, 1.807) is 11.3 Å². The zero-order valence-corrected chi connectivity index (χ0v) is 17.5. The van der Waals surface area contributed by atoms with Gasteiger partial charge < -0.3 is 15.0 Å². The number of fused-ring (bicyclic) bond motifs is 1. The van der Waals surface area contributed by atoms with Crippen LogP contribution in [0.3, 0.4) is 0 Å². The second kappa shape index (κ2) is 8.99. The predicted molar refractivity (Wildman–Crippen MR) is 112 cm³/mol. The first-order valence-electron chi connectivity index (χ1n) is 9.73. The van der Waals surface area contributed by atoms with Gasteiger partial charge in [0.15, 0.2) is 5.13 Å².